The van der Waals surface area contributed by atoms with Crippen LogP contribution in [0.4, 0.5) is 10.1 Å². The van der Waals surface area contributed by atoms with Crippen LogP contribution in [-0.2, 0) is 0 Å². The zero-order valence-electron chi connectivity index (χ0n) is 8.48. The van der Waals surface area contributed by atoms with E-state index in [4.69, 9.17) is 10.6 Å². The molecule has 4 heteroatoms. The van der Waals surface area contributed by atoms with Crippen molar-refractivity contribution in [1.29, 1.82) is 0 Å². The molecular weight excluding hydrogens is 207 g/mol. The van der Waals surface area contributed by atoms with E-state index in [9.17, 15) is 4.39 Å². The van der Waals surface area contributed by atoms with Gasteiger partial charge in [0.1, 0.15) is 17.3 Å². The lowest BCUT2D eigenvalue weighted by Gasteiger charge is -2.06. The molecule has 0 radical (unpaired) electrons. The lowest BCUT2D eigenvalue weighted by Crippen LogP contribution is -2.05. The molecule has 0 unspecified atom stereocenters. The number of hydrogen-bond donors (Lipinski definition) is 2. The van der Waals surface area contributed by atoms with Gasteiger partial charge in [-0.05, 0) is 36.4 Å². The molecule has 3 N–H and O–H groups in total. The Hall–Kier alpha value is -2.07. The first-order valence-corrected chi connectivity index (χ1v) is 4.78. The average Bonchev–Trinajstić information content (AvgIpc) is 2.30. The third-order valence-electron chi connectivity index (χ3n) is 2.05. The Morgan fingerprint density at radius 1 is 1.00 bits per heavy atom. The van der Waals surface area contributed by atoms with Crippen molar-refractivity contribution in [1.82, 2.24) is 0 Å². The Bertz CT molecular complexity index is 471. The van der Waals surface area contributed by atoms with Gasteiger partial charge in [-0.2, -0.15) is 0 Å². The van der Waals surface area contributed by atoms with Gasteiger partial charge >= 0.3 is 0 Å². The summed E-state index contributed by atoms with van der Waals surface area (Å²) in [4.78, 5) is 0. The molecule has 0 aromatic heterocycles. The van der Waals surface area contributed by atoms with Gasteiger partial charge in [0.05, 0.1) is 0 Å². The van der Waals surface area contributed by atoms with Crippen molar-refractivity contribution in [2.75, 3.05) is 5.43 Å². The fraction of sp³-hybridized carbons (Fsp3) is 0. The number of hydrazine groups is 1. The summed E-state index contributed by atoms with van der Waals surface area (Å²) in [6.07, 6.45) is 0. The molecule has 0 atom stereocenters. The monoisotopic (exact) mass is 218 g/mol. The van der Waals surface area contributed by atoms with E-state index in [0.717, 1.165) is 5.69 Å². The highest BCUT2D eigenvalue weighted by Crippen LogP contribution is 2.23. The molecule has 2 aromatic rings. The Balaban J connectivity index is 2.14. The number of nitrogen functional groups attached to an aromatic ring is 1. The summed E-state index contributed by atoms with van der Waals surface area (Å²) >= 11 is 0. The van der Waals surface area contributed by atoms with Gasteiger partial charge in [-0.15, -0.1) is 0 Å². The summed E-state index contributed by atoms with van der Waals surface area (Å²) in [6.45, 7) is 0. The quantitative estimate of drug-likeness (QED) is 0.615. The van der Waals surface area contributed by atoms with E-state index in [2.05, 4.69) is 5.43 Å². The molecule has 0 heterocycles. The first-order valence-electron chi connectivity index (χ1n) is 4.78. The van der Waals surface area contributed by atoms with Crippen LogP contribution in [0.15, 0.2) is 48.5 Å². The largest absolute Gasteiger partial charge is 0.457 e. The normalized spacial score (nSPS) is 9.88. The summed E-state index contributed by atoms with van der Waals surface area (Å²) in [6, 6.07) is 13.0. The first kappa shape index (κ1) is 10.4. The predicted molar refractivity (Wildman–Crippen MR) is 60.7 cm³/mol. The van der Waals surface area contributed by atoms with Crippen molar-refractivity contribution in [3.05, 3.63) is 54.3 Å². The molecule has 0 amide bonds. The smallest absolute Gasteiger partial charge is 0.130 e. The van der Waals surface area contributed by atoms with Crippen LogP contribution in [0.2, 0.25) is 0 Å². The number of nitrogens with one attached hydrogen (secondary N) is 1. The molecule has 16 heavy (non-hydrogen) atoms. The number of halogens is 1. The number of nitrogens with two attached hydrogens (primary N) is 1. The van der Waals surface area contributed by atoms with Crippen LogP contribution in [0, 0.1) is 5.82 Å². The Labute approximate surface area is 92.6 Å². The van der Waals surface area contributed by atoms with Gasteiger partial charge in [0.2, 0.25) is 0 Å². The van der Waals surface area contributed by atoms with Crippen LogP contribution in [0.1, 0.15) is 0 Å². The van der Waals surface area contributed by atoms with Crippen molar-refractivity contribution in [2.24, 2.45) is 5.84 Å². The number of rotatable bonds is 3. The lowest BCUT2D eigenvalue weighted by atomic mass is 10.3. The van der Waals surface area contributed by atoms with Crippen LogP contribution in [0.3, 0.4) is 0 Å². The van der Waals surface area contributed by atoms with E-state index in [1.807, 2.05) is 0 Å². The molecule has 0 aliphatic rings. The van der Waals surface area contributed by atoms with Crippen molar-refractivity contribution in [2.45, 2.75) is 0 Å². The summed E-state index contributed by atoms with van der Waals surface area (Å²) in [5, 5.41) is 0. The van der Waals surface area contributed by atoms with Crippen LogP contribution in [0.5, 0.6) is 11.5 Å². The minimum atomic E-state index is -0.322. The van der Waals surface area contributed by atoms with Crippen molar-refractivity contribution in [3.63, 3.8) is 0 Å². The number of ether oxygens (including phenoxy) is 1. The summed E-state index contributed by atoms with van der Waals surface area (Å²) in [5.41, 5.74) is 3.30. The maximum atomic E-state index is 12.9. The van der Waals surface area contributed by atoms with Crippen LogP contribution < -0.4 is 16.0 Å². The number of anilines is 1. The van der Waals surface area contributed by atoms with Crippen molar-refractivity contribution >= 4 is 5.69 Å². The zero-order valence-corrected chi connectivity index (χ0v) is 8.48. The van der Waals surface area contributed by atoms with E-state index in [1.165, 1.54) is 12.1 Å². The molecule has 82 valence electrons. The van der Waals surface area contributed by atoms with Gasteiger partial charge in [-0.25, -0.2) is 4.39 Å². The van der Waals surface area contributed by atoms with E-state index < -0.39 is 0 Å². The molecule has 0 aliphatic carbocycles. The SMILES string of the molecule is NNc1ccc(Oc2cccc(F)c2)cc1. The number of benzene rings is 2. The van der Waals surface area contributed by atoms with Gasteiger partial charge in [-0.1, -0.05) is 6.07 Å². The molecule has 0 bridgehead atoms. The maximum absolute atomic E-state index is 12.9. The van der Waals surface area contributed by atoms with Crippen LogP contribution in [0.25, 0.3) is 0 Å². The maximum Gasteiger partial charge on any atom is 0.130 e. The minimum absolute atomic E-state index is 0.322. The summed E-state index contributed by atoms with van der Waals surface area (Å²) < 4.78 is 18.3. The second-order valence-electron chi connectivity index (χ2n) is 3.23. The predicted octanol–water partition coefficient (Wildman–Crippen LogP) is 2.90. The minimum Gasteiger partial charge on any atom is -0.457 e. The standard InChI is InChI=1S/C12H11FN2O/c13-9-2-1-3-12(8-9)16-11-6-4-10(15-14)5-7-11/h1-8,15H,14H2. The second-order valence-corrected chi connectivity index (χ2v) is 3.23. The molecular formula is C12H11FN2O. The van der Waals surface area contributed by atoms with Gasteiger partial charge in [0.25, 0.3) is 0 Å². The van der Waals surface area contributed by atoms with Gasteiger partial charge < -0.3 is 10.2 Å². The van der Waals surface area contributed by atoms with E-state index in [0.29, 0.717) is 11.5 Å². The molecule has 3 nitrogen and oxygen atoms in total. The summed E-state index contributed by atoms with van der Waals surface area (Å²) in [7, 11) is 0. The molecule has 2 rings (SSSR count). The molecule has 0 saturated heterocycles. The topological polar surface area (TPSA) is 47.3 Å². The molecule has 0 spiro atoms. The molecule has 0 aliphatic heterocycles. The lowest BCUT2D eigenvalue weighted by molar-refractivity contribution is 0.477. The average molecular weight is 218 g/mol. The van der Waals surface area contributed by atoms with Crippen LogP contribution in [-0.4, -0.2) is 0 Å². The highest BCUT2D eigenvalue weighted by Gasteiger charge is 1.98. The molecule has 0 fully saturated rings. The van der Waals surface area contributed by atoms with E-state index in [1.54, 1.807) is 36.4 Å². The summed E-state index contributed by atoms with van der Waals surface area (Å²) in [5.74, 6) is 6.01. The zero-order chi connectivity index (χ0) is 11.4. The Kier molecular flexibility index (Phi) is 3.03. The third-order valence-corrected chi connectivity index (χ3v) is 2.05. The van der Waals surface area contributed by atoms with E-state index >= 15 is 0 Å². The Morgan fingerprint density at radius 2 is 1.75 bits per heavy atom. The fourth-order valence-corrected chi connectivity index (χ4v) is 1.29. The van der Waals surface area contributed by atoms with Gasteiger partial charge in [-0.3, -0.25) is 5.84 Å². The highest BCUT2D eigenvalue weighted by atomic mass is 19.1. The van der Waals surface area contributed by atoms with Gasteiger partial charge in [0, 0.05) is 11.8 Å². The van der Waals surface area contributed by atoms with Gasteiger partial charge in [0.15, 0.2) is 0 Å². The van der Waals surface area contributed by atoms with Crippen molar-refractivity contribution < 1.29 is 9.13 Å². The second kappa shape index (κ2) is 4.63. The fourth-order valence-electron chi connectivity index (χ4n) is 1.29. The molecule has 2 aromatic carbocycles. The third kappa shape index (κ3) is 2.49. The Morgan fingerprint density at radius 3 is 2.38 bits per heavy atom. The van der Waals surface area contributed by atoms with Crippen LogP contribution >= 0.6 is 0 Å². The first-order chi connectivity index (χ1) is 7.78. The number of hydrogen-bond acceptors (Lipinski definition) is 3. The van der Waals surface area contributed by atoms with Crippen molar-refractivity contribution in [3.8, 4) is 11.5 Å². The molecule has 0 saturated carbocycles. The highest BCUT2D eigenvalue weighted by molar-refractivity contribution is 5.46. The van der Waals surface area contributed by atoms with E-state index in [-0.39, 0.29) is 5.82 Å².